The third kappa shape index (κ3) is 1.69. The van der Waals surface area contributed by atoms with Gasteiger partial charge in [0.05, 0.1) is 15.6 Å². The Bertz CT molecular complexity index is 417. The lowest BCUT2D eigenvalue weighted by Crippen LogP contribution is -2.21. The van der Waals surface area contributed by atoms with E-state index in [2.05, 4.69) is 15.9 Å². The zero-order valence-corrected chi connectivity index (χ0v) is 8.67. The lowest BCUT2D eigenvalue weighted by Gasteiger charge is -2.07. The van der Waals surface area contributed by atoms with E-state index in [1.807, 2.05) is 0 Å². The molecule has 1 aromatic carbocycles. The van der Waals surface area contributed by atoms with E-state index in [4.69, 9.17) is 17.2 Å². The fourth-order valence-electron chi connectivity index (χ4n) is 1.04. The third-order valence-electron chi connectivity index (χ3n) is 1.68. The molecule has 0 aliphatic rings. The summed E-state index contributed by atoms with van der Waals surface area (Å²) < 4.78 is 0.293. The predicted molar refractivity (Wildman–Crippen MR) is 55.6 cm³/mol. The van der Waals surface area contributed by atoms with Crippen LogP contribution in [0.3, 0.4) is 0 Å². The number of benzene rings is 1. The summed E-state index contributed by atoms with van der Waals surface area (Å²) in [7, 11) is 0. The van der Waals surface area contributed by atoms with Crippen LogP contribution >= 0.6 is 15.9 Å². The monoisotopic (exact) mass is 257 g/mol. The molecule has 6 heteroatoms. The van der Waals surface area contributed by atoms with Crippen LogP contribution in [0.25, 0.3) is 0 Å². The number of carbonyl (C=O) groups is 2. The molecule has 1 aromatic rings. The Morgan fingerprint density at radius 3 is 2.14 bits per heavy atom. The number of amides is 2. The molecule has 0 bridgehead atoms. The Morgan fingerprint density at radius 2 is 1.71 bits per heavy atom. The molecular formula is C8H8BrN3O2. The van der Waals surface area contributed by atoms with Gasteiger partial charge in [0.25, 0.3) is 5.91 Å². The minimum absolute atomic E-state index is 0.0116. The van der Waals surface area contributed by atoms with Gasteiger partial charge in [-0.25, -0.2) is 0 Å². The summed E-state index contributed by atoms with van der Waals surface area (Å²) in [6.07, 6.45) is 0. The maximum atomic E-state index is 11.0. The van der Waals surface area contributed by atoms with Crippen molar-refractivity contribution in [3.05, 3.63) is 27.7 Å². The summed E-state index contributed by atoms with van der Waals surface area (Å²) >= 11 is 3.07. The van der Waals surface area contributed by atoms with Gasteiger partial charge in [-0.1, -0.05) is 0 Å². The summed E-state index contributed by atoms with van der Waals surface area (Å²) in [6, 6.07) is 2.83. The van der Waals surface area contributed by atoms with E-state index < -0.39 is 11.8 Å². The number of primary amides is 2. The maximum Gasteiger partial charge on any atom is 0.250 e. The molecule has 0 atom stereocenters. The predicted octanol–water partition coefficient (Wildman–Crippen LogP) is 0.229. The van der Waals surface area contributed by atoms with Crippen molar-refractivity contribution in [2.45, 2.75) is 0 Å². The number of nitrogen functional groups attached to an aromatic ring is 1. The largest absolute Gasteiger partial charge is 0.398 e. The van der Waals surface area contributed by atoms with Crippen LogP contribution in [-0.4, -0.2) is 11.8 Å². The summed E-state index contributed by atoms with van der Waals surface area (Å²) in [6.45, 7) is 0. The molecule has 6 N–H and O–H groups in total. The van der Waals surface area contributed by atoms with Crippen LogP contribution in [0.1, 0.15) is 20.7 Å². The standard InChI is InChI=1S/C8H8BrN3O2/c9-6-4(10)2-1-3(7(11)13)5(6)8(12)14/h1-2H,10H2,(H2,11,13)(H2,12,14). The van der Waals surface area contributed by atoms with E-state index in [0.717, 1.165) is 0 Å². The first-order valence-electron chi connectivity index (χ1n) is 3.62. The molecule has 0 aromatic heterocycles. The van der Waals surface area contributed by atoms with Crippen LogP contribution in [-0.2, 0) is 0 Å². The average Bonchev–Trinajstić information content (AvgIpc) is 2.08. The fourth-order valence-corrected chi connectivity index (χ4v) is 1.58. The smallest absolute Gasteiger partial charge is 0.250 e. The second kappa shape index (κ2) is 3.67. The molecule has 0 aliphatic heterocycles. The molecule has 0 aliphatic carbocycles. The highest BCUT2D eigenvalue weighted by atomic mass is 79.9. The van der Waals surface area contributed by atoms with Crippen molar-refractivity contribution >= 4 is 33.4 Å². The highest BCUT2D eigenvalue weighted by molar-refractivity contribution is 9.10. The number of hydrogen-bond acceptors (Lipinski definition) is 3. The van der Waals surface area contributed by atoms with Gasteiger partial charge in [-0.05, 0) is 28.1 Å². The van der Waals surface area contributed by atoms with E-state index in [0.29, 0.717) is 10.2 Å². The Morgan fingerprint density at radius 1 is 1.14 bits per heavy atom. The molecule has 0 spiro atoms. The second-order valence-electron chi connectivity index (χ2n) is 2.62. The van der Waals surface area contributed by atoms with Gasteiger partial charge >= 0.3 is 0 Å². The molecule has 0 unspecified atom stereocenters. The van der Waals surface area contributed by atoms with Crippen molar-refractivity contribution in [2.75, 3.05) is 5.73 Å². The van der Waals surface area contributed by atoms with Crippen LogP contribution in [0.4, 0.5) is 5.69 Å². The first-order chi connectivity index (χ1) is 6.45. The van der Waals surface area contributed by atoms with Crippen LogP contribution in [0, 0.1) is 0 Å². The van der Waals surface area contributed by atoms with Crippen molar-refractivity contribution < 1.29 is 9.59 Å². The Kier molecular flexibility index (Phi) is 2.76. The number of anilines is 1. The number of halogens is 1. The van der Waals surface area contributed by atoms with Gasteiger partial charge in [0.1, 0.15) is 0 Å². The van der Waals surface area contributed by atoms with E-state index in [9.17, 15) is 9.59 Å². The maximum absolute atomic E-state index is 11.0. The normalized spacial score (nSPS) is 9.79. The van der Waals surface area contributed by atoms with Crippen molar-refractivity contribution in [2.24, 2.45) is 11.5 Å². The molecule has 2 amide bonds. The van der Waals surface area contributed by atoms with Gasteiger partial charge in [-0.2, -0.15) is 0 Å². The minimum atomic E-state index is -0.752. The Balaban J connectivity index is 3.53. The van der Waals surface area contributed by atoms with Crippen LogP contribution in [0.15, 0.2) is 16.6 Å². The summed E-state index contributed by atoms with van der Waals surface area (Å²) in [5.74, 6) is -1.47. The fraction of sp³-hybridized carbons (Fsp3) is 0. The molecule has 0 radical (unpaired) electrons. The van der Waals surface area contributed by atoms with E-state index in [1.54, 1.807) is 0 Å². The van der Waals surface area contributed by atoms with Gasteiger partial charge in [0, 0.05) is 5.69 Å². The topological polar surface area (TPSA) is 112 Å². The van der Waals surface area contributed by atoms with Gasteiger partial charge in [0.2, 0.25) is 5.91 Å². The lowest BCUT2D eigenvalue weighted by molar-refractivity contribution is 0.0967. The number of carbonyl (C=O) groups excluding carboxylic acids is 2. The molecule has 0 saturated heterocycles. The Labute approximate surface area is 88.4 Å². The first kappa shape index (κ1) is 10.5. The van der Waals surface area contributed by atoms with Crippen LogP contribution in [0.5, 0.6) is 0 Å². The van der Waals surface area contributed by atoms with Crippen molar-refractivity contribution in [3.8, 4) is 0 Å². The van der Waals surface area contributed by atoms with E-state index >= 15 is 0 Å². The SMILES string of the molecule is NC(=O)c1ccc(N)c(Br)c1C(N)=O. The third-order valence-corrected chi connectivity index (χ3v) is 2.54. The van der Waals surface area contributed by atoms with E-state index in [-0.39, 0.29) is 11.1 Å². The van der Waals surface area contributed by atoms with Gasteiger partial charge < -0.3 is 17.2 Å². The zero-order chi connectivity index (χ0) is 10.9. The van der Waals surface area contributed by atoms with Crippen LogP contribution in [0.2, 0.25) is 0 Å². The number of rotatable bonds is 2. The van der Waals surface area contributed by atoms with E-state index in [1.165, 1.54) is 12.1 Å². The lowest BCUT2D eigenvalue weighted by atomic mass is 10.1. The first-order valence-corrected chi connectivity index (χ1v) is 4.42. The molecule has 5 nitrogen and oxygen atoms in total. The Hall–Kier alpha value is -1.56. The van der Waals surface area contributed by atoms with Gasteiger partial charge in [0.15, 0.2) is 0 Å². The molecule has 74 valence electrons. The highest BCUT2D eigenvalue weighted by Gasteiger charge is 2.17. The van der Waals surface area contributed by atoms with Gasteiger partial charge in [-0.15, -0.1) is 0 Å². The molecule has 14 heavy (non-hydrogen) atoms. The molecule has 0 saturated carbocycles. The van der Waals surface area contributed by atoms with Gasteiger partial charge in [-0.3, -0.25) is 9.59 Å². The highest BCUT2D eigenvalue weighted by Crippen LogP contribution is 2.26. The summed E-state index contributed by atoms with van der Waals surface area (Å²) in [5, 5.41) is 0. The average molecular weight is 258 g/mol. The van der Waals surface area contributed by atoms with Crippen molar-refractivity contribution in [3.63, 3.8) is 0 Å². The van der Waals surface area contributed by atoms with Crippen LogP contribution < -0.4 is 17.2 Å². The second-order valence-corrected chi connectivity index (χ2v) is 3.41. The molecular weight excluding hydrogens is 250 g/mol. The molecule has 0 heterocycles. The number of nitrogens with two attached hydrogens (primary N) is 3. The summed E-state index contributed by atoms with van der Waals surface area (Å²) in [4.78, 5) is 22.0. The number of hydrogen-bond donors (Lipinski definition) is 3. The van der Waals surface area contributed by atoms with Crippen molar-refractivity contribution in [1.82, 2.24) is 0 Å². The quantitative estimate of drug-likeness (QED) is 0.660. The summed E-state index contributed by atoms with van der Waals surface area (Å²) in [5.41, 5.74) is 16.1. The molecule has 1 rings (SSSR count). The molecule has 0 fully saturated rings. The minimum Gasteiger partial charge on any atom is -0.398 e. The van der Waals surface area contributed by atoms with Crippen molar-refractivity contribution in [1.29, 1.82) is 0 Å². The zero-order valence-electron chi connectivity index (χ0n) is 7.08.